The summed E-state index contributed by atoms with van der Waals surface area (Å²) in [6.45, 7) is 1.05. The average molecular weight is 376 g/mol. The highest BCUT2D eigenvalue weighted by molar-refractivity contribution is 6.18. The summed E-state index contributed by atoms with van der Waals surface area (Å²) in [6.07, 6.45) is -0.0959. The zero-order chi connectivity index (χ0) is 18.6. The van der Waals surface area contributed by atoms with Crippen LogP contribution >= 0.6 is 11.6 Å². The second-order valence-corrected chi connectivity index (χ2v) is 5.85. The van der Waals surface area contributed by atoms with Gasteiger partial charge in [0.25, 0.3) is 5.56 Å². The molecule has 11 nitrogen and oxygen atoms in total. The van der Waals surface area contributed by atoms with E-state index in [0.29, 0.717) is 10.6 Å². The number of aryl methyl sites for hydroxylation is 1. The van der Waals surface area contributed by atoms with Crippen molar-refractivity contribution in [2.24, 2.45) is 5.29 Å². The first-order valence-electron chi connectivity index (χ1n) is 7.47. The van der Waals surface area contributed by atoms with Crippen LogP contribution in [-0.4, -0.2) is 56.9 Å². The number of carbonyl (C=O) groups is 1. The number of ether oxygens (including phenoxy) is 1. The van der Waals surface area contributed by atoms with Crippen molar-refractivity contribution in [3.05, 3.63) is 37.5 Å². The van der Waals surface area contributed by atoms with Crippen LogP contribution in [0.4, 0.5) is 4.79 Å². The Bertz CT molecular complexity index is 749. The molecular weight excluding hydrogens is 358 g/mol. The minimum Gasteiger partial charge on any atom is -0.394 e. The highest BCUT2D eigenvalue weighted by atomic mass is 35.5. The van der Waals surface area contributed by atoms with E-state index in [0.717, 1.165) is 0 Å². The molecular formula is C13H18ClN5O6. The predicted octanol–water partition coefficient (Wildman–Crippen LogP) is -0.575. The van der Waals surface area contributed by atoms with Crippen LogP contribution in [0.25, 0.3) is 0 Å². The molecule has 0 saturated carbocycles. The van der Waals surface area contributed by atoms with Crippen LogP contribution in [0.1, 0.15) is 18.2 Å². The SMILES string of the molecule is Cc1cn([C@H]2C[C@H](NC(=O)N(CCCl)N=O)[C@@H](CO)O2)c(=O)[nH]c1=O. The fraction of sp³-hybridized carbons (Fsp3) is 0.615. The summed E-state index contributed by atoms with van der Waals surface area (Å²) in [5.74, 6) is 0.0262. The minimum atomic E-state index is -0.795. The van der Waals surface area contributed by atoms with Crippen LogP contribution in [0.5, 0.6) is 0 Å². The number of aliphatic hydroxyl groups is 1. The van der Waals surface area contributed by atoms with Crippen LogP contribution < -0.4 is 16.6 Å². The predicted molar refractivity (Wildman–Crippen MR) is 87.2 cm³/mol. The summed E-state index contributed by atoms with van der Waals surface area (Å²) in [5, 5.41) is 15.2. The van der Waals surface area contributed by atoms with Crippen molar-refractivity contribution in [3.8, 4) is 0 Å². The van der Waals surface area contributed by atoms with E-state index < -0.39 is 42.3 Å². The number of rotatable bonds is 6. The molecule has 2 amide bonds. The number of H-pyrrole nitrogens is 1. The number of nitroso groups, excluding NO2 is 1. The Morgan fingerprint density at radius 3 is 2.92 bits per heavy atom. The normalized spacial score (nSPS) is 22.6. The molecule has 138 valence electrons. The lowest BCUT2D eigenvalue weighted by atomic mass is 10.1. The van der Waals surface area contributed by atoms with Gasteiger partial charge in [0.2, 0.25) is 0 Å². The first-order valence-corrected chi connectivity index (χ1v) is 8.00. The largest absolute Gasteiger partial charge is 0.394 e. The topological polar surface area (TPSA) is 146 Å². The molecule has 0 aromatic carbocycles. The van der Waals surface area contributed by atoms with Crippen molar-refractivity contribution < 1.29 is 14.6 Å². The Morgan fingerprint density at radius 2 is 2.32 bits per heavy atom. The van der Waals surface area contributed by atoms with Crippen molar-refractivity contribution >= 4 is 17.6 Å². The van der Waals surface area contributed by atoms with Crippen molar-refractivity contribution in [1.82, 2.24) is 19.9 Å². The number of nitrogens with zero attached hydrogens (tertiary/aromatic N) is 3. The van der Waals surface area contributed by atoms with Gasteiger partial charge in [-0.15, -0.1) is 16.5 Å². The summed E-state index contributed by atoms with van der Waals surface area (Å²) in [5.41, 5.74) is -0.853. The maximum Gasteiger partial charge on any atom is 0.340 e. The molecule has 1 saturated heterocycles. The fourth-order valence-corrected chi connectivity index (χ4v) is 2.68. The number of halogens is 1. The first kappa shape index (κ1) is 19.1. The number of hydrogen-bond donors (Lipinski definition) is 3. The monoisotopic (exact) mass is 375 g/mol. The number of alkyl halides is 1. The van der Waals surface area contributed by atoms with Gasteiger partial charge in [-0.05, 0) is 6.92 Å². The Hall–Kier alpha value is -2.24. The number of aromatic amines is 1. The van der Waals surface area contributed by atoms with Gasteiger partial charge in [-0.25, -0.2) is 9.59 Å². The van der Waals surface area contributed by atoms with E-state index in [1.165, 1.54) is 17.7 Å². The molecule has 0 unspecified atom stereocenters. The highest BCUT2D eigenvalue weighted by Crippen LogP contribution is 2.27. The molecule has 2 heterocycles. The van der Waals surface area contributed by atoms with E-state index in [1.807, 2.05) is 0 Å². The molecule has 3 N–H and O–H groups in total. The van der Waals surface area contributed by atoms with E-state index in [2.05, 4.69) is 15.6 Å². The molecule has 2 rings (SSSR count). The van der Waals surface area contributed by atoms with E-state index in [9.17, 15) is 24.4 Å². The number of nitrogens with one attached hydrogen (secondary N) is 2. The van der Waals surface area contributed by atoms with Gasteiger partial charge in [-0.2, -0.15) is 5.01 Å². The summed E-state index contributed by atoms with van der Waals surface area (Å²) < 4.78 is 6.76. The lowest BCUT2D eigenvalue weighted by Crippen LogP contribution is -2.47. The standard InChI is InChI=1S/C13H18ClN5O6/c1-7-5-18(12(22)16-11(7)21)10-4-8(9(6-20)25-10)15-13(23)19(17-24)3-2-14/h5,8-10,20H,2-4,6H2,1H3,(H,15,23)(H,16,21,22)/t8-,9+,10+/m0/s1. The van der Waals surface area contributed by atoms with E-state index >= 15 is 0 Å². The lowest BCUT2D eigenvalue weighted by Gasteiger charge is -2.20. The first-order chi connectivity index (χ1) is 11.9. The van der Waals surface area contributed by atoms with Gasteiger partial charge in [-0.1, -0.05) is 0 Å². The molecule has 1 aliphatic rings. The molecule has 0 aliphatic carbocycles. The third kappa shape index (κ3) is 4.24. The molecule has 0 spiro atoms. The Kier molecular flexibility index (Phi) is 6.28. The molecule has 1 fully saturated rings. The van der Waals surface area contributed by atoms with E-state index in [1.54, 1.807) is 0 Å². The van der Waals surface area contributed by atoms with Crippen LogP contribution in [0.2, 0.25) is 0 Å². The third-order valence-corrected chi connectivity index (χ3v) is 3.98. The van der Waals surface area contributed by atoms with Crippen molar-refractivity contribution in [1.29, 1.82) is 0 Å². The second kappa shape index (κ2) is 8.23. The van der Waals surface area contributed by atoms with Crippen LogP contribution in [0.3, 0.4) is 0 Å². The van der Waals surface area contributed by atoms with Gasteiger partial charge in [0.05, 0.1) is 24.5 Å². The zero-order valence-electron chi connectivity index (χ0n) is 13.3. The van der Waals surface area contributed by atoms with Gasteiger partial charge in [0.1, 0.15) is 12.3 Å². The number of carbonyl (C=O) groups excluding carboxylic acids is 1. The molecule has 12 heteroatoms. The Labute approximate surface area is 146 Å². The number of aromatic nitrogens is 2. The molecule has 1 aromatic heterocycles. The van der Waals surface area contributed by atoms with E-state index in [4.69, 9.17) is 16.3 Å². The van der Waals surface area contributed by atoms with Crippen molar-refractivity contribution in [3.63, 3.8) is 0 Å². The Morgan fingerprint density at radius 1 is 1.60 bits per heavy atom. The molecule has 3 atom stereocenters. The number of amides is 2. The maximum atomic E-state index is 12.0. The molecule has 0 radical (unpaired) electrons. The van der Waals surface area contributed by atoms with E-state index in [-0.39, 0.29) is 18.8 Å². The summed E-state index contributed by atoms with van der Waals surface area (Å²) in [6, 6.07) is -1.45. The smallest absolute Gasteiger partial charge is 0.340 e. The molecule has 25 heavy (non-hydrogen) atoms. The minimum absolute atomic E-state index is 0.0262. The molecule has 0 bridgehead atoms. The van der Waals surface area contributed by atoms with Gasteiger partial charge >= 0.3 is 11.7 Å². The van der Waals surface area contributed by atoms with Gasteiger partial charge in [-0.3, -0.25) is 14.3 Å². The van der Waals surface area contributed by atoms with Gasteiger partial charge < -0.3 is 15.2 Å². The van der Waals surface area contributed by atoms with Crippen molar-refractivity contribution in [2.45, 2.75) is 31.7 Å². The van der Waals surface area contributed by atoms with Crippen molar-refractivity contribution in [2.75, 3.05) is 19.0 Å². The third-order valence-electron chi connectivity index (χ3n) is 3.81. The summed E-state index contributed by atoms with van der Waals surface area (Å²) in [4.78, 5) is 48.2. The summed E-state index contributed by atoms with van der Waals surface area (Å²) >= 11 is 5.49. The second-order valence-electron chi connectivity index (χ2n) is 5.48. The Balaban J connectivity index is 2.16. The lowest BCUT2D eigenvalue weighted by molar-refractivity contribution is -0.0287. The molecule has 1 aliphatic heterocycles. The van der Waals surface area contributed by atoms with Crippen LogP contribution in [0, 0.1) is 11.8 Å². The van der Waals surface area contributed by atoms with Gasteiger partial charge in [0, 0.05) is 24.1 Å². The fourth-order valence-electron chi connectivity index (χ4n) is 2.52. The van der Waals surface area contributed by atoms with Gasteiger partial charge in [0.15, 0.2) is 0 Å². The maximum absolute atomic E-state index is 12.0. The van der Waals surface area contributed by atoms with Crippen LogP contribution in [-0.2, 0) is 4.74 Å². The number of urea groups is 1. The average Bonchev–Trinajstić information content (AvgIpc) is 2.98. The summed E-state index contributed by atoms with van der Waals surface area (Å²) in [7, 11) is 0. The zero-order valence-corrected chi connectivity index (χ0v) is 14.1. The highest BCUT2D eigenvalue weighted by Gasteiger charge is 2.38. The number of hydrogen-bond acceptors (Lipinski definition) is 7. The quantitative estimate of drug-likeness (QED) is 0.344. The number of aliphatic hydroxyl groups excluding tert-OH is 1. The molecule has 1 aromatic rings. The van der Waals surface area contributed by atoms with Crippen LogP contribution in [0.15, 0.2) is 21.1 Å².